The Balaban J connectivity index is 1.35. The lowest BCUT2D eigenvalue weighted by Crippen LogP contribution is -2.47. The van der Waals surface area contributed by atoms with Crippen LogP contribution >= 0.6 is 12.2 Å². The van der Waals surface area contributed by atoms with E-state index in [1.54, 1.807) is 6.26 Å². The number of hydrogen-bond donors (Lipinski definition) is 0. The monoisotopic (exact) mass is 431 g/mol. The van der Waals surface area contributed by atoms with Crippen LogP contribution in [-0.2, 0) is 13.2 Å². The summed E-state index contributed by atoms with van der Waals surface area (Å²) in [4.78, 5) is 4.83. The van der Waals surface area contributed by atoms with Crippen LogP contribution in [0.5, 0.6) is 0 Å². The second-order valence-electron chi connectivity index (χ2n) is 7.74. The van der Waals surface area contributed by atoms with Crippen LogP contribution in [0.1, 0.15) is 5.56 Å². The third kappa shape index (κ3) is 4.33. The maximum Gasteiger partial charge on any atom is 0.199 e. The lowest BCUT2D eigenvalue weighted by molar-refractivity contribution is 0.194. The zero-order valence-electron chi connectivity index (χ0n) is 17.3. The highest BCUT2D eigenvalue weighted by atomic mass is 32.1. The first-order valence-electron chi connectivity index (χ1n) is 10.6. The first kappa shape index (κ1) is 19.8. The summed E-state index contributed by atoms with van der Waals surface area (Å²) in [6.07, 6.45) is 1.67. The molecule has 1 fully saturated rings. The molecule has 0 N–H and O–H groups in total. The van der Waals surface area contributed by atoms with Gasteiger partial charge in [0.05, 0.1) is 19.5 Å². The lowest BCUT2D eigenvalue weighted by Gasteiger charge is -2.35. The zero-order valence-corrected chi connectivity index (χ0v) is 18.1. The maximum absolute atomic E-state index is 5.84. The standard InChI is InChI=1S/C24H25N5OS/c31-24-28(18-20-8-3-1-4-9-20)23(22-12-7-17-30-22)25-29(24)19-26-13-15-27(16-14-26)21-10-5-2-6-11-21/h1-12,17H,13-16,18-19H2. The van der Waals surface area contributed by atoms with E-state index in [9.17, 15) is 0 Å². The Bertz CT molecular complexity index is 1160. The summed E-state index contributed by atoms with van der Waals surface area (Å²) in [5, 5.41) is 4.85. The van der Waals surface area contributed by atoms with Crippen LogP contribution in [-0.4, -0.2) is 45.4 Å². The van der Waals surface area contributed by atoms with Gasteiger partial charge in [0.2, 0.25) is 0 Å². The number of furan rings is 1. The molecule has 6 nitrogen and oxygen atoms in total. The van der Waals surface area contributed by atoms with Crippen molar-refractivity contribution in [3.8, 4) is 11.6 Å². The molecule has 0 aliphatic carbocycles. The molecule has 0 unspecified atom stereocenters. The molecule has 31 heavy (non-hydrogen) atoms. The summed E-state index contributed by atoms with van der Waals surface area (Å²) in [6, 6.07) is 24.7. The number of para-hydroxylation sites is 1. The van der Waals surface area contributed by atoms with E-state index in [1.807, 2.05) is 35.0 Å². The van der Waals surface area contributed by atoms with E-state index in [1.165, 1.54) is 11.3 Å². The van der Waals surface area contributed by atoms with Crippen LogP contribution < -0.4 is 4.90 Å². The molecule has 4 aromatic rings. The van der Waals surface area contributed by atoms with E-state index in [0.29, 0.717) is 18.0 Å². The molecule has 0 atom stereocenters. The molecule has 5 rings (SSSR count). The highest BCUT2D eigenvalue weighted by Crippen LogP contribution is 2.21. The maximum atomic E-state index is 5.84. The molecular weight excluding hydrogens is 406 g/mol. The van der Waals surface area contributed by atoms with Gasteiger partial charge in [-0.15, -0.1) is 5.10 Å². The van der Waals surface area contributed by atoms with Gasteiger partial charge in [0.1, 0.15) is 0 Å². The number of aromatic nitrogens is 3. The lowest BCUT2D eigenvalue weighted by atomic mass is 10.2. The van der Waals surface area contributed by atoms with E-state index in [2.05, 4.69) is 56.8 Å². The highest BCUT2D eigenvalue weighted by molar-refractivity contribution is 7.71. The van der Waals surface area contributed by atoms with Gasteiger partial charge in [0, 0.05) is 31.9 Å². The van der Waals surface area contributed by atoms with Gasteiger partial charge in [-0.25, -0.2) is 4.68 Å². The van der Waals surface area contributed by atoms with Gasteiger partial charge in [0.15, 0.2) is 16.4 Å². The molecule has 1 aliphatic heterocycles. The van der Waals surface area contributed by atoms with Crippen LogP contribution in [0.2, 0.25) is 0 Å². The predicted molar refractivity (Wildman–Crippen MR) is 125 cm³/mol. The van der Waals surface area contributed by atoms with Gasteiger partial charge in [-0.05, 0) is 42.0 Å². The van der Waals surface area contributed by atoms with Gasteiger partial charge in [0.25, 0.3) is 0 Å². The number of rotatable bonds is 6. The Kier molecular flexibility index (Phi) is 5.69. The summed E-state index contributed by atoms with van der Waals surface area (Å²) < 4.78 is 10.3. The molecule has 0 spiro atoms. The number of hydrogen-bond acceptors (Lipinski definition) is 5. The molecule has 3 heterocycles. The van der Waals surface area contributed by atoms with Crippen molar-refractivity contribution >= 4 is 17.9 Å². The average Bonchev–Trinajstić information content (AvgIpc) is 3.45. The van der Waals surface area contributed by atoms with Gasteiger partial charge < -0.3 is 9.32 Å². The minimum Gasteiger partial charge on any atom is -0.461 e. The van der Waals surface area contributed by atoms with Crippen LogP contribution in [0, 0.1) is 4.77 Å². The van der Waals surface area contributed by atoms with Crippen LogP contribution in [0.25, 0.3) is 11.6 Å². The predicted octanol–water partition coefficient (Wildman–Crippen LogP) is 4.50. The Morgan fingerprint density at radius 2 is 1.55 bits per heavy atom. The Labute approximate surface area is 186 Å². The molecular formula is C24H25N5OS. The number of benzene rings is 2. The molecule has 0 radical (unpaired) electrons. The number of piperazine rings is 1. The topological polar surface area (TPSA) is 42.4 Å². The highest BCUT2D eigenvalue weighted by Gasteiger charge is 2.20. The fourth-order valence-electron chi connectivity index (χ4n) is 4.01. The smallest absolute Gasteiger partial charge is 0.199 e. The van der Waals surface area contributed by atoms with Crippen molar-refractivity contribution in [1.82, 2.24) is 19.2 Å². The fourth-order valence-corrected chi connectivity index (χ4v) is 4.26. The molecule has 0 bridgehead atoms. The molecule has 158 valence electrons. The van der Waals surface area contributed by atoms with E-state index >= 15 is 0 Å². The van der Waals surface area contributed by atoms with Crippen molar-refractivity contribution in [2.75, 3.05) is 31.1 Å². The second-order valence-corrected chi connectivity index (χ2v) is 8.10. The number of nitrogens with zero attached hydrogens (tertiary/aromatic N) is 5. The summed E-state index contributed by atoms with van der Waals surface area (Å²) in [6.45, 7) is 5.27. The quantitative estimate of drug-likeness (QED) is 0.421. The summed E-state index contributed by atoms with van der Waals surface area (Å²) in [5.74, 6) is 1.50. The third-order valence-electron chi connectivity index (χ3n) is 5.68. The van der Waals surface area contributed by atoms with Crippen molar-refractivity contribution in [1.29, 1.82) is 0 Å². The number of anilines is 1. The largest absolute Gasteiger partial charge is 0.461 e. The SMILES string of the molecule is S=c1n(CN2CCN(c3ccccc3)CC2)nc(-c2ccco2)n1Cc1ccccc1. The summed E-state index contributed by atoms with van der Waals surface area (Å²) in [5.41, 5.74) is 2.47. The van der Waals surface area contributed by atoms with Gasteiger partial charge >= 0.3 is 0 Å². The minimum absolute atomic E-state index is 0.664. The first-order valence-corrected chi connectivity index (χ1v) is 11.0. The minimum atomic E-state index is 0.664. The van der Waals surface area contributed by atoms with E-state index in [0.717, 1.165) is 37.8 Å². The summed E-state index contributed by atoms with van der Waals surface area (Å²) >= 11 is 5.84. The fraction of sp³-hybridized carbons (Fsp3) is 0.250. The molecule has 1 saturated heterocycles. The van der Waals surface area contributed by atoms with E-state index < -0.39 is 0 Å². The molecule has 0 saturated carbocycles. The third-order valence-corrected chi connectivity index (χ3v) is 6.11. The molecule has 2 aromatic carbocycles. The van der Waals surface area contributed by atoms with Crippen molar-refractivity contribution in [2.24, 2.45) is 0 Å². The first-order chi connectivity index (χ1) is 15.3. The summed E-state index contributed by atoms with van der Waals surface area (Å²) in [7, 11) is 0. The van der Waals surface area contributed by atoms with Gasteiger partial charge in [-0.3, -0.25) is 9.47 Å². The molecule has 2 aromatic heterocycles. The zero-order chi connectivity index (χ0) is 21.0. The van der Waals surface area contributed by atoms with Crippen LogP contribution in [0.15, 0.2) is 83.5 Å². The van der Waals surface area contributed by atoms with Crippen molar-refractivity contribution in [2.45, 2.75) is 13.2 Å². The second kappa shape index (κ2) is 8.91. The molecule has 7 heteroatoms. The Morgan fingerprint density at radius 3 is 2.23 bits per heavy atom. The normalized spacial score (nSPS) is 14.8. The van der Waals surface area contributed by atoms with Crippen molar-refractivity contribution < 1.29 is 4.42 Å². The van der Waals surface area contributed by atoms with E-state index in [-0.39, 0.29) is 0 Å². The Hall–Kier alpha value is -3.16. The van der Waals surface area contributed by atoms with Crippen LogP contribution in [0.4, 0.5) is 5.69 Å². The van der Waals surface area contributed by atoms with Crippen molar-refractivity contribution in [3.63, 3.8) is 0 Å². The average molecular weight is 432 g/mol. The molecule has 0 amide bonds. The van der Waals surface area contributed by atoms with Crippen molar-refractivity contribution in [3.05, 3.63) is 89.4 Å². The van der Waals surface area contributed by atoms with E-state index in [4.69, 9.17) is 21.7 Å². The van der Waals surface area contributed by atoms with Gasteiger partial charge in [-0.1, -0.05) is 48.5 Å². The Morgan fingerprint density at radius 1 is 0.839 bits per heavy atom. The van der Waals surface area contributed by atoms with Gasteiger partial charge in [-0.2, -0.15) is 0 Å². The van der Waals surface area contributed by atoms with Crippen LogP contribution in [0.3, 0.4) is 0 Å². The molecule has 1 aliphatic rings.